The van der Waals surface area contributed by atoms with Gasteiger partial charge in [-0.15, -0.1) is 6.42 Å². The Kier molecular flexibility index (Phi) is 4.97. The third kappa shape index (κ3) is 4.75. The van der Waals surface area contributed by atoms with Gasteiger partial charge in [0.25, 0.3) is 0 Å². The summed E-state index contributed by atoms with van der Waals surface area (Å²) in [5, 5.41) is 5.70. The summed E-state index contributed by atoms with van der Waals surface area (Å²) < 4.78 is 22.7. The second kappa shape index (κ2) is 6.03. The summed E-state index contributed by atoms with van der Waals surface area (Å²) in [4.78, 5) is 11.6. The van der Waals surface area contributed by atoms with Crippen molar-refractivity contribution in [2.75, 3.05) is 18.1 Å². The topological polar surface area (TPSA) is 75.3 Å². The Morgan fingerprint density at radius 1 is 1.65 bits per heavy atom. The molecule has 1 aliphatic heterocycles. The van der Waals surface area contributed by atoms with Crippen molar-refractivity contribution in [1.29, 1.82) is 0 Å². The molecular weight excluding hydrogens is 240 g/mol. The van der Waals surface area contributed by atoms with Crippen LogP contribution >= 0.6 is 0 Å². The first-order valence-electron chi connectivity index (χ1n) is 5.66. The molecule has 17 heavy (non-hydrogen) atoms. The number of rotatable bonds is 4. The Morgan fingerprint density at radius 3 is 2.88 bits per heavy atom. The van der Waals surface area contributed by atoms with Crippen LogP contribution in [-0.4, -0.2) is 44.5 Å². The zero-order chi connectivity index (χ0) is 12.9. The number of nitrogens with one attached hydrogen (secondary N) is 2. The van der Waals surface area contributed by atoms with E-state index >= 15 is 0 Å². The molecule has 0 bridgehead atoms. The van der Waals surface area contributed by atoms with Crippen LogP contribution in [0.2, 0.25) is 0 Å². The van der Waals surface area contributed by atoms with Crippen LogP contribution < -0.4 is 10.6 Å². The normalized spacial score (nSPS) is 24.6. The van der Waals surface area contributed by atoms with Crippen molar-refractivity contribution in [2.24, 2.45) is 0 Å². The van der Waals surface area contributed by atoms with Crippen LogP contribution in [0, 0.1) is 12.3 Å². The van der Waals surface area contributed by atoms with Crippen molar-refractivity contribution >= 4 is 15.7 Å². The second-order valence-corrected chi connectivity index (χ2v) is 6.39. The minimum atomic E-state index is -3.00. The molecule has 5 nitrogen and oxygen atoms in total. The molecule has 0 aromatic rings. The predicted octanol–water partition coefficient (Wildman–Crippen LogP) is -0.709. The van der Waals surface area contributed by atoms with Gasteiger partial charge in [0.15, 0.2) is 9.84 Å². The molecule has 0 aromatic heterocycles. The number of hydrogen-bond donors (Lipinski definition) is 2. The summed E-state index contributed by atoms with van der Waals surface area (Å²) in [7, 11) is -3.00. The highest BCUT2D eigenvalue weighted by Crippen LogP contribution is 2.05. The van der Waals surface area contributed by atoms with Crippen LogP contribution in [0.4, 0.5) is 0 Å². The number of sulfone groups is 1. The zero-order valence-electron chi connectivity index (χ0n) is 9.90. The highest BCUT2D eigenvalue weighted by Gasteiger charge is 2.26. The SMILES string of the molecule is C#CC(CC)NC(=O)CC1CS(=O)(=O)CCN1. The van der Waals surface area contributed by atoms with Gasteiger partial charge in [-0.3, -0.25) is 4.79 Å². The summed E-state index contributed by atoms with van der Waals surface area (Å²) in [6.07, 6.45) is 6.05. The Morgan fingerprint density at radius 2 is 2.35 bits per heavy atom. The zero-order valence-corrected chi connectivity index (χ0v) is 10.7. The first-order chi connectivity index (χ1) is 7.96. The van der Waals surface area contributed by atoms with Gasteiger partial charge in [0.1, 0.15) is 0 Å². The van der Waals surface area contributed by atoms with Crippen LogP contribution in [0.25, 0.3) is 0 Å². The lowest BCUT2D eigenvalue weighted by Crippen LogP contribution is -2.48. The minimum Gasteiger partial charge on any atom is -0.342 e. The molecule has 96 valence electrons. The summed E-state index contributed by atoms with van der Waals surface area (Å²) >= 11 is 0. The van der Waals surface area contributed by atoms with E-state index in [1.165, 1.54) is 0 Å². The van der Waals surface area contributed by atoms with E-state index in [4.69, 9.17) is 6.42 Å². The van der Waals surface area contributed by atoms with Crippen LogP contribution in [0.3, 0.4) is 0 Å². The third-order valence-electron chi connectivity index (χ3n) is 2.68. The van der Waals surface area contributed by atoms with Crippen molar-refractivity contribution < 1.29 is 13.2 Å². The number of terminal acetylenes is 1. The number of amides is 1. The Hall–Kier alpha value is -1.06. The van der Waals surface area contributed by atoms with Crippen molar-refractivity contribution in [2.45, 2.75) is 31.8 Å². The van der Waals surface area contributed by atoms with E-state index in [0.29, 0.717) is 13.0 Å². The fourth-order valence-corrected chi connectivity index (χ4v) is 3.18. The van der Waals surface area contributed by atoms with E-state index in [2.05, 4.69) is 16.6 Å². The van der Waals surface area contributed by atoms with Crippen LogP contribution in [0.15, 0.2) is 0 Å². The lowest BCUT2D eigenvalue weighted by molar-refractivity contribution is -0.121. The summed E-state index contributed by atoms with van der Waals surface area (Å²) in [6, 6.07) is -0.577. The van der Waals surface area contributed by atoms with E-state index in [1.807, 2.05) is 6.92 Å². The largest absolute Gasteiger partial charge is 0.342 e. The van der Waals surface area contributed by atoms with Gasteiger partial charge in [0.2, 0.25) is 5.91 Å². The van der Waals surface area contributed by atoms with Gasteiger partial charge in [0.05, 0.1) is 17.5 Å². The summed E-state index contributed by atoms with van der Waals surface area (Å²) in [6.45, 7) is 2.29. The Labute approximate surface area is 102 Å². The fourth-order valence-electron chi connectivity index (χ4n) is 1.74. The van der Waals surface area contributed by atoms with E-state index in [1.54, 1.807) is 0 Å². The molecule has 1 fully saturated rings. The molecule has 1 heterocycles. The molecule has 0 saturated carbocycles. The molecule has 0 aliphatic carbocycles. The van der Waals surface area contributed by atoms with Crippen LogP contribution in [-0.2, 0) is 14.6 Å². The molecule has 2 atom stereocenters. The number of carbonyl (C=O) groups excluding carboxylic acids is 1. The van der Waals surface area contributed by atoms with Crippen molar-refractivity contribution in [3.05, 3.63) is 0 Å². The Bertz CT molecular complexity index is 411. The second-order valence-electron chi connectivity index (χ2n) is 4.16. The van der Waals surface area contributed by atoms with Gasteiger partial charge < -0.3 is 10.6 Å². The molecule has 6 heteroatoms. The minimum absolute atomic E-state index is 0.0211. The van der Waals surface area contributed by atoms with Gasteiger partial charge in [-0.1, -0.05) is 12.8 Å². The van der Waals surface area contributed by atoms with Gasteiger partial charge >= 0.3 is 0 Å². The first kappa shape index (κ1) is 14.0. The monoisotopic (exact) mass is 258 g/mol. The van der Waals surface area contributed by atoms with E-state index in [0.717, 1.165) is 0 Å². The lowest BCUT2D eigenvalue weighted by atomic mass is 10.2. The van der Waals surface area contributed by atoms with E-state index in [9.17, 15) is 13.2 Å². The van der Waals surface area contributed by atoms with Gasteiger partial charge in [0, 0.05) is 19.0 Å². The average Bonchev–Trinajstić information content (AvgIpc) is 2.24. The molecule has 0 spiro atoms. The van der Waals surface area contributed by atoms with Crippen molar-refractivity contribution in [3.63, 3.8) is 0 Å². The van der Waals surface area contributed by atoms with E-state index < -0.39 is 9.84 Å². The smallest absolute Gasteiger partial charge is 0.222 e. The standard InChI is InChI=1S/C11H18N2O3S/c1-3-9(4-2)13-11(14)7-10-8-17(15,16)6-5-12-10/h1,9-10,12H,4-8H2,2H3,(H,13,14). The molecule has 0 aromatic carbocycles. The molecule has 1 rings (SSSR count). The summed E-state index contributed by atoms with van der Waals surface area (Å²) in [5.74, 6) is 2.43. The predicted molar refractivity (Wildman–Crippen MR) is 66.1 cm³/mol. The highest BCUT2D eigenvalue weighted by atomic mass is 32.2. The molecular formula is C11H18N2O3S. The fraction of sp³-hybridized carbons (Fsp3) is 0.727. The maximum atomic E-state index is 11.6. The first-order valence-corrected chi connectivity index (χ1v) is 7.48. The van der Waals surface area contributed by atoms with Gasteiger partial charge in [-0.2, -0.15) is 0 Å². The number of carbonyl (C=O) groups is 1. The van der Waals surface area contributed by atoms with Gasteiger partial charge in [-0.25, -0.2) is 8.42 Å². The molecule has 1 amide bonds. The number of hydrogen-bond acceptors (Lipinski definition) is 4. The van der Waals surface area contributed by atoms with Crippen molar-refractivity contribution in [3.8, 4) is 12.3 Å². The lowest BCUT2D eigenvalue weighted by Gasteiger charge is -2.23. The maximum absolute atomic E-state index is 11.6. The summed E-state index contributed by atoms with van der Waals surface area (Å²) in [5.41, 5.74) is 0. The average molecular weight is 258 g/mol. The highest BCUT2D eigenvalue weighted by molar-refractivity contribution is 7.91. The molecule has 2 N–H and O–H groups in total. The van der Waals surface area contributed by atoms with Crippen molar-refractivity contribution in [1.82, 2.24) is 10.6 Å². The molecule has 2 unspecified atom stereocenters. The molecule has 1 aliphatic rings. The quantitative estimate of drug-likeness (QED) is 0.653. The molecule has 1 saturated heterocycles. The maximum Gasteiger partial charge on any atom is 0.222 e. The third-order valence-corrected chi connectivity index (χ3v) is 4.41. The van der Waals surface area contributed by atoms with Crippen LogP contribution in [0.5, 0.6) is 0 Å². The van der Waals surface area contributed by atoms with Crippen LogP contribution in [0.1, 0.15) is 19.8 Å². The van der Waals surface area contributed by atoms with Gasteiger partial charge in [-0.05, 0) is 6.42 Å². The molecule has 0 radical (unpaired) electrons. The Balaban J connectivity index is 2.44. The van der Waals surface area contributed by atoms with E-state index in [-0.39, 0.29) is 35.9 Å².